The number of fused-ring (bicyclic) bond motifs is 5. The van der Waals surface area contributed by atoms with Gasteiger partial charge in [-0.3, -0.25) is 19.2 Å². The van der Waals surface area contributed by atoms with E-state index in [1.807, 2.05) is 51.8 Å². The number of Topliss-reactive ketones (excluding diaryl/α,β-unsaturated/α-hetero) is 2. The molecule has 7 aliphatic heterocycles. The molecule has 24 atom stereocenters. The van der Waals surface area contributed by atoms with Gasteiger partial charge < -0.3 is 96.9 Å². The summed E-state index contributed by atoms with van der Waals surface area (Å²) in [6, 6.07) is 3.17. The number of nitrogens with zero attached hydrogens (tertiary/aromatic N) is 2. The van der Waals surface area contributed by atoms with E-state index in [0.29, 0.717) is 19.3 Å². The van der Waals surface area contributed by atoms with Crippen LogP contribution in [-0.2, 0) is 71.2 Å². The molecule has 7 saturated heterocycles. The second-order valence-electron chi connectivity index (χ2n) is 24.7. The molecule has 464 valence electrons. The highest BCUT2D eigenvalue weighted by Gasteiger charge is 2.56. The molecule has 7 heterocycles. The quantitative estimate of drug-likeness (QED) is 0.151. The number of aliphatic hydroxyl groups is 2. The summed E-state index contributed by atoms with van der Waals surface area (Å²) >= 11 is 0. The minimum absolute atomic E-state index is 0.00431. The summed E-state index contributed by atoms with van der Waals surface area (Å²) < 4.78 is 83.6. The number of ketones is 4. The van der Waals surface area contributed by atoms with Gasteiger partial charge in [0.1, 0.15) is 66.1 Å². The molecule has 24 heteroatoms. The van der Waals surface area contributed by atoms with Gasteiger partial charge in [-0.2, -0.15) is 0 Å². The van der Waals surface area contributed by atoms with E-state index in [1.54, 1.807) is 34.6 Å². The van der Waals surface area contributed by atoms with Crippen molar-refractivity contribution in [3.8, 4) is 17.2 Å². The molecular formula is C60H82N2O22. The number of likely N-dealkylation sites (N-methyl/N-ethyl adjacent to an activating group) is 2. The third kappa shape index (κ3) is 11.4. The van der Waals surface area contributed by atoms with E-state index >= 15 is 0 Å². The van der Waals surface area contributed by atoms with E-state index < -0.39 is 181 Å². The summed E-state index contributed by atoms with van der Waals surface area (Å²) in [4.78, 5) is 57.7. The zero-order valence-corrected chi connectivity index (χ0v) is 49.4. The average molecular weight is 1180 g/mol. The minimum atomic E-state index is -1.90. The molecule has 7 fully saturated rings. The molecule has 2 aliphatic carbocycles. The monoisotopic (exact) mass is 1180 g/mol. The third-order valence-corrected chi connectivity index (χ3v) is 18.7. The fourth-order valence-electron chi connectivity index (χ4n) is 14.0. The predicted octanol–water partition coefficient (Wildman–Crippen LogP) is 4.11. The van der Waals surface area contributed by atoms with Crippen LogP contribution in [0.15, 0.2) is 18.2 Å². The van der Waals surface area contributed by atoms with Gasteiger partial charge in [-0.25, -0.2) is 0 Å². The maximum atomic E-state index is 14.6. The molecule has 5 N–H and O–H groups in total. The number of rotatable bonds is 13. The van der Waals surface area contributed by atoms with Crippen molar-refractivity contribution < 1.29 is 106 Å². The van der Waals surface area contributed by atoms with Gasteiger partial charge >= 0.3 is 0 Å². The van der Waals surface area contributed by atoms with E-state index in [9.17, 15) is 44.7 Å². The zero-order valence-electron chi connectivity index (χ0n) is 49.4. The van der Waals surface area contributed by atoms with Crippen LogP contribution >= 0.6 is 0 Å². The molecule has 0 aromatic heterocycles. The number of aromatic hydroxyl groups is 3. The first-order valence-electron chi connectivity index (χ1n) is 29.7. The van der Waals surface area contributed by atoms with Crippen LogP contribution in [0.2, 0.25) is 0 Å². The van der Waals surface area contributed by atoms with Gasteiger partial charge in [-0.15, -0.1) is 0 Å². The van der Waals surface area contributed by atoms with Crippen LogP contribution in [0.3, 0.4) is 0 Å². The molecule has 2 aromatic carbocycles. The molecule has 0 saturated carbocycles. The summed E-state index contributed by atoms with van der Waals surface area (Å²) in [6.45, 7) is 12.4. The Morgan fingerprint density at radius 1 is 0.583 bits per heavy atom. The number of benzene rings is 2. The number of phenolic OH excluding ortho intramolecular Hbond substituents is 3. The van der Waals surface area contributed by atoms with Crippen molar-refractivity contribution in [1.82, 2.24) is 9.80 Å². The molecule has 0 amide bonds. The van der Waals surface area contributed by atoms with Gasteiger partial charge in [0.25, 0.3) is 0 Å². The van der Waals surface area contributed by atoms with E-state index in [4.69, 9.17) is 61.6 Å². The molecule has 84 heavy (non-hydrogen) atoms. The Morgan fingerprint density at radius 3 is 1.76 bits per heavy atom. The molecule has 0 radical (unpaired) electrons. The number of hydrogen-bond acceptors (Lipinski definition) is 24. The lowest BCUT2D eigenvalue weighted by molar-refractivity contribution is -0.371. The first-order chi connectivity index (χ1) is 39.8. The molecule has 2 aromatic rings. The van der Waals surface area contributed by atoms with E-state index in [-0.39, 0.29) is 78.4 Å². The Bertz CT molecular complexity index is 2810. The third-order valence-electron chi connectivity index (χ3n) is 18.7. The van der Waals surface area contributed by atoms with Crippen molar-refractivity contribution in [1.29, 1.82) is 0 Å². The van der Waals surface area contributed by atoms with Crippen molar-refractivity contribution in [3.63, 3.8) is 0 Å². The predicted molar refractivity (Wildman–Crippen MR) is 290 cm³/mol. The molecule has 0 spiro atoms. The van der Waals surface area contributed by atoms with Crippen LogP contribution < -0.4 is 0 Å². The summed E-state index contributed by atoms with van der Waals surface area (Å²) in [6.07, 6.45) is -14.9. The van der Waals surface area contributed by atoms with Crippen LogP contribution in [0, 0.1) is 0 Å². The number of ether oxygens (including phenoxy) is 13. The van der Waals surface area contributed by atoms with Crippen LogP contribution in [-0.4, -0.2) is 221 Å². The molecule has 11 rings (SSSR count). The standard InChI is InChI=1S/C60H82N2O22/c1-12-60(71)23-39(79-41-18-31(61(8)9)55(26(4)73-41)82-44-22-37-57(29(7)76-44)84-59-38(78-37)20-35(65)25(3)77-59)46-49(53(70)47-48(52(46)69)51(68)45-30(50(47)67)14-13-15-34(45)64)58(60)83-42-19-32(62(10)11)54(27(5)74-42)81-43-21-36(66)56(28(6)75-43)80-40-17-16-33(63)24(2)72-40/h13-15,24-29,31-32,36-44,54-59,64,66,69-71H,12,16-23H2,1-11H3. The maximum absolute atomic E-state index is 14.6. The molecule has 9 aliphatic rings. The maximum Gasteiger partial charge on any atom is 0.202 e. The lowest BCUT2D eigenvalue weighted by Gasteiger charge is -2.51. The Morgan fingerprint density at radius 2 is 1.14 bits per heavy atom. The lowest BCUT2D eigenvalue weighted by atomic mass is 9.70. The summed E-state index contributed by atoms with van der Waals surface area (Å²) in [5.74, 6) is -3.77. The molecular weight excluding hydrogens is 1100 g/mol. The van der Waals surface area contributed by atoms with Crippen molar-refractivity contribution in [2.24, 2.45) is 0 Å². The summed E-state index contributed by atoms with van der Waals surface area (Å²) in [7, 11) is 7.50. The van der Waals surface area contributed by atoms with Crippen LogP contribution in [0.5, 0.6) is 17.2 Å². The number of hydrogen-bond donors (Lipinski definition) is 5. The average Bonchev–Trinajstić information content (AvgIpc) is 0.779. The SMILES string of the molecule is CCC1(O)CC(OC2CC(N(C)C)C(OC3CC4OC5CC(=O)C(C)OC5OC4C(C)O3)C(C)O2)c2c(O)c3c(c(O)c2C1OC1CC(N(C)C)C(OC2CC(O)C(OC4CCC(=O)C(C)O4)C(C)O2)C(C)O1)C(=O)c1cccc(O)c1C3=O. The topological polar surface area (TPSA) is 296 Å². The number of carbonyl (C=O) groups excluding carboxylic acids is 4. The van der Waals surface area contributed by atoms with Crippen molar-refractivity contribution in [2.75, 3.05) is 28.2 Å². The highest BCUT2D eigenvalue weighted by molar-refractivity contribution is 6.31. The zero-order chi connectivity index (χ0) is 60.1. The normalized spacial score (nSPS) is 42.5. The van der Waals surface area contributed by atoms with Crippen LogP contribution in [0.1, 0.15) is 161 Å². The van der Waals surface area contributed by atoms with E-state index in [0.717, 1.165) is 0 Å². The van der Waals surface area contributed by atoms with Crippen LogP contribution in [0.25, 0.3) is 0 Å². The number of aliphatic hydroxyl groups excluding tert-OH is 1. The van der Waals surface area contributed by atoms with Crippen LogP contribution in [0.4, 0.5) is 0 Å². The number of phenols is 3. The fraction of sp³-hybridized carbons (Fsp3) is 0.733. The first-order valence-corrected chi connectivity index (χ1v) is 29.7. The highest BCUT2D eigenvalue weighted by atomic mass is 16.8. The lowest BCUT2D eigenvalue weighted by Crippen LogP contribution is -2.62. The minimum Gasteiger partial charge on any atom is -0.507 e. The second-order valence-corrected chi connectivity index (χ2v) is 24.7. The van der Waals surface area contributed by atoms with Gasteiger partial charge in [0.05, 0.1) is 65.0 Å². The van der Waals surface area contributed by atoms with Crippen molar-refractivity contribution in [2.45, 2.75) is 253 Å². The number of carbonyl (C=O) groups is 4. The summed E-state index contributed by atoms with van der Waals surface area (Å²) in [5, 5.41) is 60.8. The summed E-state index contributed by atoms with van der Waals surface area (Å²) in [5.41, 5.74) is -3.85. The smallest absolute Gasteiger partial charge is 0.202 e. The van der Waals surface area contributed by atoms with E-state index in [1.165, 1.54) is 18.2 Å². The van der Waals surface area contributed by atoms with Gasteiger partial charge in [0.15, 0.2) is 55.1 Å². The Kier molecular flexibility index (Phi) is 17.6. The Labute approximate surface area is 488 Å². The first kappa shape index (κ1) is 61.5. The molecule has 24 nitrogen and oxygen atoms in total. The Hall–Kier alpha value is -4.16. The van der Waals surface area contributed by atoms with Gasteiger partial charge in [-0.05, 0) is 82.2 Å². The van der Waals surface area contributed by atoms with Crippen molar-refractivity contribution >= 4 is 23.1 Å². The second kappa shape index (κ2) is 24.1. The highest BCUT2D eigenvalue weighted by Crippen LogP contribution is 2.58. The largest absolute Gasteiger partial charge is 0.507 e. The van der Waals surface area contributed by atoms with Gasteiger partial charge in [-0.1, -0.05) is 19.1 Å². The Balaban J connectivity index is 0.846. The van der Waals surface area contributed by atoms with Gasteiger partial charge in [0, 0.05) is 80.1 Å². The molecule has 0 bridgehead atoms. The fourth-order valence-corrected chi connectivity index (χ4v) is 14.0. The molecule has 24 unspecified atom stereocenters. The van der Waals surface area contributed by atoms with Crippen molar-refractivity contribution in [3.05, 3.63) is 51.6 Å². The van der Waals surface area contributed by atoms with Gasteiger partial charge in [0.2, 0.25) is 5.78 Å². The van der Waals surface area contributed by atoms with E-state index in [2.05, 4.69) is 0 Å².